The van der Waals surface area contributed by atoms with Gasteiger partial charge in [0, 0.05) is 17.5 Å². The van der Waals surface area contributed by atoms with Crippen molar-refractivity contribution in [2.45, 2.75) is 17.9 Å². The first-order valence-corrected chi connectivity index (χ1v) is 13.5. The molecule has 0 unspecified atom stereocenters. The molecule has 41 heavy (non-hydrogen) atoms. The van der Waals surface area contributed by atoms with Crippen molar-refractivity contribution < 1.29 is 14.4 Å². The summed E-state index contributed by atoms with van der Waals surface area (Å²) in [5.41, 5.74) is 8.81. The van der Waals surface area contributed by atoms with Gasteiger partial charge < -0.3 is 11.1 Å². The van der Waals surface area contributed by atoms with Gasteiger partial charge in [0.15, 0.2) is 5.78 Å². The molecule has 0 fully saturated rings. The lowest BCUT2D eigenvalue weighted by molar-refractivity contribution is -0.129. The summed E-state index contributed by atoms with van der Waals surface area (Å²) < 4.78 is 0. The molecular formula is C36H30N2O3. The molecule has 2 amide bonds. The van der Waals surface area contributed by atoms with Crippen LogP contribution in [0, 0.1) is 0 Å². The molecule has 0 saturated heterocycles. The van der Waals surface area contributed by atoms with E-state index in [1.54, 1.807) is 36.4 Å². The first-order chi connectivity index (χ1) is 20.0. The molecule has 0 aliphatic carbocycles. The van der Waals surface area contributed by atoms with Crippen molar-refractivity contribution in [1.82, 2.24) is 5.32 Å². The molecule has 3 N–H and O–H groups in total. The summed E-state index contributed by atoms with van der Waals surface area (Å²) in [7, 11) is 0. The number of benzene rings is 5. The summed E-state index contributed by atoms with van der Waals surface area (Å²) in [5.74, 6) is -1.10. The van der Waals surface area contributed by atoms with E-state index in [0.29, 0.717) is 11.1 Å². The molecule has 1 atom stereocenters. The van der Waals surface area contributed by atoms with E-state index in [0.717, 1.165) is 22.3 Å². The monoisotopic (exact) mass is 538 g/mol. The van der Waals surface area contributed by atoms with Gasteiger partial charge in [-0.05, 0) is 22.3 Å². The molecule has 0 aliphatic heterocycles. The van der Waals surface area contributed by atoms with Gasteiger partial charge in [-0.2, -0.15) is 0 Å². The minimum atomic E-state index is -1.23. The number of hydrogen-bond donors (Lipinski definition) is 2. The van der Waals surface area contributed by atoms with Crippen LogP contribution in [0.2, 0.25) is 0 Å². The molecule has 0 heterocycles. The van der Waals surface area contributed by atoms with Crippen molar-refractivity contribution >= 4 is 17.6 Å². The van der Waals surface area contributed by atoms with Gasteiger partial charge in [-0.1, -0.05) is 146 Å². The average Bonchev–Trinajstić information content (AvgIpc) is 3.03. The molecule has 0 radical (unpaired) electrons. The fraction of sp³-hybridized carbons (Fsp3) is 0.0833. The van der Waals surface area contributed by atoms with Gasteiger partial charge in [-0.15, -0.1) is 0 Å². The topological polar surface area (TPSA) is 89.3 Å². The Labute approximate surface area is 239 Å². The third-order valence-electron chi connectivity index (χ3n) is 7.30. The maximum Gasteiger partial charge on any atom is 0.240 e. The quantitative estimate of drug-likeness (QED) is 0.183. The first kappa shape index (κ1) is 27.3. The van der Waals surface area contributed by atoms with Crippen LogP contribution < -0.4 is 11.1 Å². The molecule has 5 nitrogen and oxygen atoms in total. The number of ketones is 1. The third-order valence-corrected chi connectivity index (χ3v) is 7.30. The van der Waals surface area contributed by atoms with Gasteiger partial charge in [0.1, 0.15) is 11.5 Å². The zero-order chi connectivity index (χ0) is 28.7. The number of nitrogens with one attached hydrogen (secondary N) is 1. The molecule has 5 rings (SSSR count). The Balaban J connectivity index is 1.48. The van der Waals surface area contributed by atoms with Gasteiger partial charge >= 0.3 is 0 Å². The molecule has 0 aliphatic rings. The molecule has 0 saturated carbocycles. The lowest BCUT2D eigenvalue weighted by atomic mass is 9.68. The third kappa shape index (κ3) is 5.70. The number of carbonyl (C=O) groups excluding carboxylic acids is 3. The Morgan fingerprint density at radius 2 is 0.951 bits per heavy atom. The second-order valence-electron chi connectivity index (χ2n) is 9.87. The summed E-state index contributed by atoms with van der Waals surface area (Å²) in [6.45, 7) is 0. The van der Waals surface area contributed by atoms with Crippen LogP contribution in [0.4, 0.5) is 0 Å². The van der Waals surface area contributed by atoms with Crippen LogP contribution >= 0.6 is 0 Å². The normalized spacial score (nSPS) is 11.8. The van der Waals surface area contributed by atoms with Crippen molar-refractivity contribution in [3.8, 4) is 0 Å². The zero-order valence-electron chi connectivity index (χ0n) is 22.4. The van der Waals surface area contributed by atoms with Crippen LogP contribution in [-0.2, 0) is 21.4 Å². The van der Waals surface area contributed by atoms with Crippen molar-refractivity contribution in [3.63, 3.8) is 0 Å². The Bertz CT molecular complexity index is 1520. The number of primary amides is 1. The summed E-state index contributed by atoms with van der Waals surface area (Å²) in [6.07, 6.45) is 0.176. The summed E-state index contributed by atoms with van der Waals surface area (Å²) in [4.78, 5) is 40.0. The maximum atomic E-state index is 14.5. The van der Waals surface area contributed by atoms with Gasteiger partial charge in [-0.3, -0.25) is 14.4 Å². The number of rotatable bonds is 10. The van der Waals surface area contributed by atoms with E-state index in [1.165, 1.54) is 0 Å². The van der Waals surface area contributed by atoms with E-state index < -0.39 is 17.4 Å². The first-order valence-electron chi connectivity index (χ1n) is 13.5. The van der Waals surface area contributed by atoms with E-state index >= 15 is 0 Å². The maximum absolute atomic E-state index is 14.5. The number of hydrogen-bond acceptors (Lipinski definition) is 3. The SMILES string of the molecule is NC(=O)[C@H](Cc1ccc(C(=O)c2ccccc2)cc1)NC(=O)C(c1ccccc1)(c1ccccc1)c1ccccc1. The Morgan fingerprint density at radius 3 is 1.37 bits per heavy atom. The van der Waals surface area contributed by atoms with Crippen molar-refractivity contribution in [2.24, 2.45) is 5.73 Å². The Hall–Kier alpha value is -5.29. The van der Waals surface area contributed by atoms with E-state index in [4.69, 9.17) is 5.73 Å². The van der Waals surface area contributed by atoms with Gasteiger partial charge in [-0.25, -0.2) is 0 Å². The molecule has 0 spiro atoms. The van der Waals surface area contributed by atoms with Crippen LogP contribution in [0.1, 0.15) is 38.2 Å². The van der Waals surface area contributed by atoms with Crippen LogP contribution in [0.15, 0.2) is 146 Å². The fourth-order valence-electron chi connectivity index (χ4n) is 5.23. The molecule has 5 aromatic rings. The highest BCUT2D eigenvalue weighted by Crippen LogP contribution is 2.39. The smallest absolute Gasteiger partial charge is 0.240 e. The number of amides is 2. The lowest BCUT2D eigenvalue weighted by Gasteiger charge is -2.35. The van der Waals surface area contributed by atoms with Crippen LogP contribution in [0.3, 0.4) is 0 Å². The van der Waals surface area contributed by atoms with Gasteiger partial charge in [0.2, 0.25) is 11.8 Å². The second kappa shape index (κ2) is 12.3. The van der Waals surface area contributed by atoms with Gasteiger partial charge in [0.25, 0.3) is 0 Å². The summed E-state index contributed by atoms with van der Waals surface area (Å²) in [6, 6.07) is 43.7. The van der Waals surface area contributed by atoms with E-state index in [2.05, 4.69) is 5.32 Å². The molecule has 0 bridgehead atoms. The van der Waals surface area contributed by atoms with Crippen molar-refractivity contribution in [3.05, 3.63) is 179 Å². The standard InChI is InChI=1S/C36H30N2O3/c37-34(40)32(25-26-21-23-28(24-22-26)33(39)27-13-5-1-6-14-27)38-35(41)36(29-15-7-2-8-16-29,30-17-9-3-10-18-30)31-19-11-4-12-20-31/h1-24,32H,25H2,(H2,37,40)(H,38,41)/t32-/m0/s1. The van der Waals surface area contributed by atoms with E-state index in [1.807, 2.05) is 109 Å². The van der Waals surface area contributed by atoms with E-state index in [-0.39, 0.29) is 18.1 Å². The Kier molecular flexibility index (Phi) is 8.16. The van der Waals surface area contributed by atoms with Crippen molar-refractivity contribution in [2.75, 3.05) is 0 Å². The highest BCUT2D eigenvalue weighted by molar-refractivity contribution is 6.09. The van der Waals surface area contributed by atoms with E-state index in [9.17, 15) is 14.4 Å². The molecule has 5 heteroatoms. The molecular weight excluding hydrogens is 508 g/mol. The largest absolute Gasteiger partial charge is 0.368 e. The predicted octanol–water partition coefficient (Wildman–Crippen LogP) is 5.46. The van der Waals surface area contributed by atoms with Gasteiger partial charge in [0.05, 0.1) is 0 Å². The van der Waals surface area contributed by atoms with Crippen LogP contribution in [0.25, 0.3) is 0 Å². The lowest BCUT2D eigenvalue weighted by Crippen LogP contribution is -2.54. The summed E-state index contributed by atoms with van der Waals surface area (Å²) in [5, 5.41) is 2.98. The highest BCUT2D eigenvalue weighted by atomic mass is 16.2. The fourth-order valence-corrected chi connectivity index (χ4v) is 5.23. The molecule has 202 valence electrons. The van der Waals surface area contributed by atoms with Crippen LogP contribution in [0.5, 0.6) is 0 Å². The molecule has 5 aromatic carbocycles. The number of nitrogens with two attached hydrogens (primary N) is 1. The minimum Gasteiger partial charge on any atom is -0.368 e. The minimum absolute atomic E-state index is 0.0877. The molecule has 0 aromatic heterocycles. The predicted molar refractivity (Wildman–Crippen MR) is 160 cm³/mol. The average molecular weight is 539 g/mol. The Morgan fingerprint density at radius 1 is 0.561 bits per heavy atom. The van der Waals surface area contributed by atoms with Crippen LogP contribution in [-0.4, -0.2) is 23.6 Å². The summed E-state index contributed by atoms with van der Waals surface area (Å²) >= 11 is 0. The van der Waals surface area contributed by atoms with Crippen molar-refractivity contribution in [1.29, 1.82) is 0 Å². The number of carbonyl (C=O) groups is 3. The highest BCUT2D eigenvalue weighted by Gasteiger charge is 2.44. The zero-order valence-corrected chi connectivity index (χ0v) is 22.4. The second-order valence-corrected chi connectivity index (χ2v) is 9.87.